The number of hydrogen-bond donors (Lipinski definition) is 11. The molecule has 3 heterocycles. The highest BCUT2D eigenvalue weighted by Crippen LogP contribution is 2.18. The van der Waals surface area contributed by atoms with E-state index in [2.05, 4.69) is 51.4 Å². The van der Waals surface area contributed by atoms with Crippen molar-refractivity contribution in [2.45, 2.75) is 57.4 Å². The molecule has 1 aliphatic heterocycles. The summed E-state index contributed by atoms with van der Waals surface area (Å²) in [4.78, 5) is 42.2. The van der Waals surface area contributed by atoms with Gasteiger partial charge in [-0.3, -0.25) is 31.0 Å². The van der Waals surface area contributed by atoms with Crippen molar-refractivity contribution in [3.63, 3.8) is 0 Å². The van der Waals surface area contributed by atoms with Crippen molar-refractivity contribution < 1.29 is 9.59 Å². The lowest BCUT2D eigenvalue weighted by molar-refractivity contribution is 0.0963. The van der Waals surface area contributed by atoms with E-state index in [1.807, 2.05) is 0 Å². The normalized spacial score (nSPS) is 13.6. The van der Waals surface area contributed by atoms with Gasteiger partial charge in [-0.25, -0.2) is 19.9 Å². The molecule has 0 unspecified atom stereocenters. The van der Waals surface area contributed by atoms with Gasteiger partial charge >= 0.3 is 0 Å². The molecule has 0 bridgehead atoms. The summed E-state index contributed by atoms with van der Waals surface area (Å²) in [5.74, 6) is -2.14. The van der Waals surface area contributed by atoms with Gasteiger partial charge in [-0.05, 0) is 64.7 Å². The summed E-state index contributed by atoms with van der Waals surface area (Å²) in [6, 6.07) is 0.515. The number of rotatable bonds is 15. The molecule has 20 heteroatoms. The number of nitrogens with two attached hydrogens (primary N) is 4. The molecular formula is C27H44Cl2N16O2. The fourth-order valence-corrected chi connectivity index (χ4v) is 5.06. The topological polar surface area (TPSA) is 301 Å². The largest absolute Gasteiger partial charge is 0.382 e. The van der Waals surface area contributed by atoms with Crippen molar-refractivity contribution in [1.82, 2.24) is 51.4 Å². The molecule has 0 spiro atoms. The zero-order chi connectivity index (χ0) is 34.3. The number of hydrogen-bond acceptors (Lipinski definition) is 14. The molecule has 47 heavy (non-hydrogen) atoms. The number of anilines is 4. The molecule has 0 atom stereocenters. The van der Waals surface area contributed by atoms with E-state index in [9.17, 15) is 9.59 Å². The van der Waals surface area contributed by atoms with Crippen LogP contribution in [-0.2, 0) is 0 Å². The SMILES string of the molecule is N=C(NCCCCCNC1CCN(CCCCCNC(=N)NC(=O)c2nc(Cl)c(N)nc2N)CC1)NC(=O)c1nc(Cl)c(N)nc1N. The van der Waals surface area contributed by atoms with E-state index in [0.717, 1.165) is 77.5 Å². The van der Waals surface area contributed by atoms with Gasteiger partial charge in [0.05, 0.1) is 0 Å². The van der Waals surface area contributed by atoms with Gasteiger partial charge in [0.25, 0.3) is 11.8 Å². The lowest BCUT2D eigenvalue weighted by atomic mass is 10.0. The van der Waals surface area contributed by atoms with E-state index in [-0.39, 0.29) is 56.9 Å². The van der Waals surface area contributed by atoms with Crippen LogP contribution in [0.25, 0.3) is 0 Å². The summed E-state index contributed by atoms with van der Waals surface area (Å²) >= 11 is 11.6. The Bertz CT molecular complexity index is 1400. The molecule has 2 amide bonds. The minimum absolute atomic E-state index is 0.0681. The van der Waals surface area contributed by atoms with Gasteiger partial charge in [-0.1, -0.05) is 36.0 Å². The van der Waals surface area contributed by atoms with Crippen LogP contribution in [0.3, 0.4) is 0 Å². The Morgan fingerprint density at radius 2 is 1.13 bits per heavy atom. The van der Waals surface area contributed by atoms with Crippen molar-refractivity contribution >= 4 is 70.2 Å². The number of piperidine rings is 1. The Morgan fingerprint density at radius 1 is 0.681 bits per heavy atom. The number of amides is 2. The number of nitrogens with zero attached hydrogens (tertiary/aromatic N) is 5. The summed E-state index contributed by atoms with van der Waals surface area (Å²) in [6.45, 7) is 5.19. The summed E-state index contributed by atoms with van der Waals surface area (Å²) in [5.41, 5.74) is 22.0. The van der Waals surface area contributed by atoms with E-state index >= 15 is 0 Å². The van der Waals surface area contributed by atoms with Gasteiger partial charge < -0.3 is 43.8 Å². The molecule has 1 saturated heterocycles. The first-order valence-electron chi connectivity index (χ1n) is 15.3. The van der Waals surface area contributed by atoms with Crippen LogP contribution in [0.4, 0.5) is 23.3 Å². The molecule has 2 aromatic heterocycles. The smallest absolute Gasteiger partial charge is 0.280 e. The van der Waals surface area contributed by atoms with Crippen molar-refractivity contribution in [2.24, 2.45) is 0 Å². The van der Waals surface area contributed by atoms with Crippen LogP contribution >= 0.6 is 23.2 Å². The van der Waals surface area contributed by atoms with Gasteiger partial charge in [-0.2, -0.15) is 0 Å². The second-order valence-electron chi connectivity index (χ2n) is 11.0. The molecule has 0 radical (unpaired) electrons. The number of carbonyl (C=O) groups is 2. The maximum absolute atomic E-state index is 12.3. The van der Waals surface area contributed by atoms with Gasteiger partial charge in [-0.15, -0.1) is 0 Å². The van der Waals surface area contributed by atoms with Gasteiger partial charge in [0.2, 0.25) is 0 Å². The lowest BCUT2D eigenvalue weighted by Crippen LogP contribution is -2.43. The van der Waals surface area contributed by atoms with E-state index in [1.54, 1.807) is 0 Å². The first-order chi connectivity index (χ1) is 22.4. The highest BCUT2D eigenvalue weighted by atomic mass is 35.5. The summed E-state index contributed by atoms with van der Waals surface area (Å²) in [5, 5.41) is 29.7. The van der Waals surface area contributed by atoms with Crippen molar-refractivity contribution in [3.05, 3.63) is 21.7 Å². The molecule has 0 aromatic carbocycles. The second kappa shape index (κ2) is 18.8. The lowest BCUT2D eigenvalue weighted by Gasteiger charge is -2.32. The molecule has 2 aromatic rings. The van der Waals surface area contributed by atoms with Gasteiger partial charge in [0, 0.05) is 19.1 Å². The summed E-state index contributed by atoms with van der Waals surface area (Å²) in [7, 11) is 0. The fraction of sp³-hybridized carbons (Fsp3) is 0.556. The number of halogens is 2. The molecular weight excluding hydrogens is 651 g/mol. The minimum atomic E-state index is -0.690. The predicted octanol–water partition coefficient (Wildman–Crippen LogP) is 0.505. The van der Waals surface area contributed by atoms with Crippen molar-refractivity contribution in [2.75, 3.05) is 62.2 Å². The van der Waals surface area contributed by atoms with Crippen LogP contribution in [0.5, 0.6) is 0 Å². The Labute approximate surface area is 282 Å². The fourth-order valence-electron chi connectivity index (χ4n) is 4.81. The number of nitrogen functional groups attached to an aromatic ring is 4. The van der Waals surface area contributed by atoms with Crippen LogP contribution in [0, 0.1) is 10.8 Å². The third-order valence-corrected chi connectivity index (χ3v) is 7.90. The predicted molar refractivity (Wildman–Crippen MR) is 183 cm³/mol. The first kappa shape index (κ1) is 37.2. The Kier molecular flexibility index (Phi) is 14.9. The second-order valence-corrected chi connectivity index (χ2v) is 11.7. The summed E-state index contributed by atoms with van der Waals surface area (Å²) in [6.07, 6.45) is 7.99. The van der Waals surface area contributed by atoms with Crippen LogP contribution in [0.15, 0.2) is 0 Å². The Balaban J connectivity index is 1.14. The standard InChI is InChI=1S/C27H44Cl2N16O2/c28-18-22(32)41-20(30)16(39-18)24(46)43-26(34)37-10-4-1-3-9-36-15-7-13-45(14-8-15)12-6-2-5-11-38-27(35)44-25(47)17-21(31)42-23(33)19(29)40-17/h15,36H,1-14H2,(H4,30,32,41)(H4,31,33,42)(H3,34,37,43,46)(H3,35,38,44,47). The number of guanidine groups is 2. The third kappa shape index (κ3) is 12.5. The van der Waals surface area contributed by atoms with E-state index in [0.29, 0.717) is 19.1 Å². The minimum Gasteiger partial charge on any atom is -0.382 e. The molecule has 18 nitrogen and oxygen atoms in total. The Hall–Kier alpha value is -4.26. The zero-order valence-electron chi connectivity index (χ0n) is 26.1. The monoisotopic (exact) mass is 694 g/mol. The van der Waals surface area contributed by atoms with Crippen LogP contribution in [0.1, 0.15) is 72.3 Å². The number of unbranched alkanes of at least 4 members (excludes halogenated alkanes) is 4. The maximum atomic E-state index is 12.3. The molecule has 0 saturated carbocycles. The number of nitrogens with one attached hydrogen (secondary N) is 7. The first-order valence-corrected chi connectivity index (χ1v) is 16.1. The van der Waals surface area contributed by atoms with E-state index < -0.39 is 11.8 Å². The number of aromatic nitrogens is 4. The molecule has 3 rings (SSSR count). The third-order valence-electron chi connectivity index (χ3n) is 7.35. The van der Waals surface area contributed by atoms with Crippen LogP contribution < -0.4 is 49.5 Å². The zero-order valence-corrected chi connectivity index (χ0v) is 27.6. The quantitative estimate of drug-likeness (QED) is 0.0687. The molecule has 15 N–H and O–H groups in total. The van der Waals surface area contributed by atoms with Crippen LogP contribution in [0.2, 0.25) is 10.3 Å². The van der Waals surface area contributed by atoms with Gasteiger partial charge in [0.1, 0.15) is 0 Å². The van der Waals surface area contributed by atoms with E-state index in [4.69, 9.17) is 57.0 Å². The van der Waals surface area contributed by atoms with Crippen LogP contribution in [-0.4, -0.2) is 93.9 Å². The number of carbonyl (C=O) groups excluding carboxylic acids is 2. The maximum Gasteiger partial charge on any atom is 0.280 e. The average molecular weight is 696 g/mol. The molecule has 1 fully saturated rings. The highest BCUT2D eigenvalue weighted by Gasteiger charge is 2.20. The van der Waals surface area contributed by atoms with E-state index in [1.165, 1.54) is 0 Å². The molecule has 1 aliphatic rings. The summed E-state index contributed by atoms with van der Waals surface area (Å²) < 4.78 is 0. The highest BCUT2D eigenvalue weighted by molar-refractivity contribution is 6.32. The van der Waals surface area contributed by atoms with Gasteiger partial charge in [0.15, 0.2) is 56.9 Å². The van der Waals surface area contributed by atoms with Crippen molar-refractivity contribution in [3.8, 4) is 0 Å². The average Bonchev–Trinajstić information content (AvgIpc) is 3.02. The molecule has 0 aliphatic carbocycles. The molecule has 258 valence electrons. The van der Waals surface area contributed by atoms with Crippen molar-refractivity contribution in [1.29, 1.82) is 10.8 Å². The number of likely N-dealkylation sites (tertiary alicyclic amines) is 1. The Morgan fingerprint density at radius 3 is 1.62 bits per heavy atom.